The van der Waals surface area contributed by atoms with Gasteiger partial charge in [-0.25, -0.2) is 17.6 Å². The first kappa shape index (κ1) is 17.2. The second-order valence-electron chi connectivity index (χ2n) is 5.70. The minimum Gasteiger partial charge on any atom is -0.487 e. The monoisotopic (exact) mass is 366 g/mol. The van der Waals surface area contributed by atoms with Gasteiger partial charge < -0.3 is 14.6 Å². The molecule has 25 heavy (non-hydrogen) atoms. The van der Waals surface area contributed by atoms with Crippen LogP contribution in [0.5, 0.6) is 17.2 Å². The van der Waals surface area contributed by atoms with Crippen LogP contribution in [0.25, 0.3) is 0 Å². The molecule has 1 atom stereocenters. The Hall–Kier alpha value is -2.61. The summed E-state index contributed by atoms with van der Waals surface area (Å²) in [4.78, 5) is 11.4. The lowest BCUT2D eigenvalue weighted by Gasteiger charge is -2.11. The van der Waals surface area contributed by atoms with E-state index in [9.17, 15) is 22.7 Å². The summed E-state index contributed by atoms with van der Waals surface area (Å²) in [6.45, 7) is -0.695. The minimum absolute atomic E-state index is 0.0407. The molecule has 0 spiro atoms. The number of rotatable bonds is 5. The molecule has 0 radical (unpaired) electrons. The third kappa shape index (κ3) is 3.58. The Bertz CT molecular complexity index is 921. The SMILES string of the molecule is CS(=O)(=O)c1ccc(Oc2cc(C(=O)O)cc3c2CC(CF)O3)cc1. The van der Waals surface area contributed by atoms with E-state index in [0.29, 0.717) is 11.3 Å². The first-order valence-electron chi connectivity index (χ1n) is 7.38. The van der Waals surface area contributed by atoms with Gasteiger partial charge in [0.15, 0.2) is 9.84 Å². The van der Waals surface area contributed by atoms with E-state index in [2.05, 4.69) is 0 Å². The third-order valence-corrected chi connectivity index (χ3v) is 4.92. The van der Waals surface area contributed by atoms with Crippen molar-refractivity contribution in [3.8, 4) is 17.2 Å². The number of carboxylic acid groups (broad SMARTS) is 1. The van der Waals surface area contributed by atoms with E-state index in [1.807, 2.05) is 0 Å². The van der Waals surface area contributed by atoms with Gasteiger partial charge in [-0.1, -0.05) is 0 Å². The molecule has 1 aliphatic rings. The molecule has 6 nitrogen and oxygen atoms in total. The zero-order chi connectivity index (χ0) is 18.2. The fourth-order valence-corrected chi connectivity index (χ4v) is 3.19. The van der Waals surface area contributed by atoms with Crippen LogP contribution in [-0.2, 0) is 16.3 Å². The van der Waals surface area contributed by atoms with Gasteiger partial charge in [0.25, 0.3) is 0 Å². The van der Waals surface area contributed by atoms with Crippen molar-refractivity contribution in [2.45, 2.75) is 17.4 Å². The highest BCUT2D eigenvalue weighted by atomic mass is 32.2. The summed E-state index contributed by atoms with van der Waals surface area (Å²) in [6.07, 6.45) is 0.692. The summed E-state index contributed by atoms with van der Waals surface area (Å²) in [6, 6.07) is 8.42. The molecule has 0 aromatic heterocycles. The highest BCUT2D eigenvalue weighted by Crippen LogP contribution is 2.39. The van der Waals surface area contributed by atoms with Gasteiger partial charge in [0, 0.05) is 18.2 Å². The van der Waals surface area contributed by atoms with Gasteiger partial charge in [-0.2, -0.15) is 0 Å². The van der Waals surface area contributed by atoms with Crippen molar-refractivity contribution in [3.63, 3.8) is 0 Å². The molecule has 3 rings (SSSR count). The molecular weight excluding hydrogens is 351 g/mol. The molecule has 1 aliphatic heterocycles. The van der Waals surface area contributed by atoms with E-state index in [1.54, 1.807) is 0 Å². The van der Waals surface area contributed by atoms with Crippen LogP contribution in [0.3, 0.4) is 0 Å². The third-order valence-electron chi connectivity index (χ3n) is 3.79. The number of ether oxygens (including phenoxy) is 2. The Morgan fingerprint density at radius 1 is 1.32 bits per heavy atom. The molecule has 0 fully saturated rings. The highest BCUT2D eigenvalue weighted by molar-refractivity contribution is 7.90. The summed E-state index contributed by atoms with van der Waals surface area (Å²) < 4.78 is 47.0. The van der Waals surface area contributed by atoms with Gasteiger partial charge in [0.05, 0.1) is 10.5 Å². The molecule has 0 bridgehead atoms. The van der Waals surface area contributed by atoms with Crippen molar-refractivity contribution in [1.82, 2.24) is 0 Å². The normalized spacial score (nSPS) is 16.2. The zero-order valence-electron chi connectivity index (χ0n) is 13.2. The van der Waals surface area contributed by atoms with E-state index in [4.69, 9.17) is 9.47 Å². The molecule has 0 saturated heterocycles. The number of carboxylic acids is 1. The van der Waals surface area contributed by atoms with Gasteiger partial charge in [-0.05, 0) is 36.4 Å². The number of alkyl halides is 1. The number of hydrogen-bond acceptors (Lipinski definition) is 5. The minimum atomic E-state index is -3.33. The fraction of sp³-hybridized carbons (Fsp3) is 0.235. The summed E-state index contributed by atoms with van der Waals surface area (Å²) in [7, 11) is -3.33. The van der Waals surface area contributed by atoms with Crippen molar-refractivity contribution in [2.75, 3.05) is 12.9 Å². The molecule has 1 unspecified atom stereocenters. The van der Waals surface area contributed by atoms with E-state index < -0.39 is 28.6 Å². The topological polar surface area (TPSA) is 89.9 Å². The Morgan fingerprint density at radius 3 is 2.56 bits per heavy atom. The van der Waals surface area contributed by atoms with Crippen LogP contribution in [0.4, 0.5) is 4.39 Å². The Balaban J connectivity index is 1.96. The van der Waals surface area contributed by atoms with E-state index in [0.717, 1.165) is 6.26 Å². The summed E-state index contributed by atoms with van der Waals surface area (Å²) >= 11 is 0. The molecule has 8 heteroatoms. The molecule has 1 heterocycles. The lowest BCUT2D eigenvalue weighted by atomic mass is 10.1. The Morgan fingerprint density at radius 2 is 2.00 bits per heavy atom. The van der Waals surface area contributed by atoms with Gasteiger partial charge in [-0.15, -0.1) is 0 Å². The van der Waals surface area contributed by atoms with Crippen LogP contribution in [0.15, 0.2) is 41.3 Å². The standard InChI is InChI=1S/C17H15FO6S/c1-25(21,22)13-4-2-11(3-5-13)23-15-6-10(17(19)20)7-16-14(15)8-12(9-18)24-16/h2-7,12H,8-9H2,1H3,(H,19,20). The second-order valence-corrected chi connectivity index (χ2v) is 7.72. The molecule has 1 N–H and O–H groups in total. The smallest absolute Gasteiger partial charge is 0.335 e. The maximum Gasteiger partial charge on any atom is 0.335 e. The number of sulfone groups is 1. The van der Waals surface area contributed by atoms with Crippen molar-refractivity contribution >= 4 is 15.8 Å². The van der Waals surface area contributed by atoms with Gasteiger partial charge in [-0.3, -0.25) is 0 Å². The lowest BCUT2D eigenvalue weighted by Crippen LogP contribution is -2.14. The van der Waals surface area contributed by atoms with Gasteiger partial charge in [0.2, 0.25) is 0 Å². The number of hydrogen-bond donors (Lipinski definition) is 1. The number of benzene rings is 2. The molecule has 132 valence electrons. The Kier molecular flexibility index (Phi) is 4.38. The summed E-state index contributed by atoms with van der Waals surface area (Å²) in [5.41, 5.74) is 0.542. The van der Waals surface area contributed by atoms with Crippen molar-refractivity contribution < 1.29 is 32.2 Å². The van der Waals surface area contributed by atoms with Crippen LogP contribution in [0, 0.1) is 0 Å². The average Bonchev–Trinajstić information content (AvgIpc) is 2.98. The zero-order valence-corrected chi connectivity index (χ0v) is 14.0. The summed E-state index contributed by atoms with van der Waals surface area (Å²) in [5, 5.41) is 9.20. The molecular formula is C17H15FO6S. The van der Waals surface area contributed by atoms with Crippen LogP contribution in [-0.4, -0.2) is 38.5 Å². The van der Waals surface area contributed by atoms with Gasteiger partial charge in [0.1, 0.15) is 30.0 Å². The van der Waals surface area contributed by atoms with E-state index >= 15 is 0 Å². The second kappa shape index (κ2) is 6.36. The first-order valence-corrected chi connectivity index (χ1v) is 9.28. The first-order chi connectivity index (χ1) is 11.8. The van der Waals surface area contributed by atoms with Gasteiger partial charge >= 0.3 is 5.97 Å². The van der Waals surface area contributed by atoms with Crippen LogP contribution in [0.1, 0.15) is 15.9 Å². The molecule has 0 amide bonds. The van der Waals surface area contributed by atoms with Crippen LogP contribution in [0.2, 0.25) is 0 Å². The van der Waals surface area contributed by atoms with Crippen molar-refractivity contribution in [2.24, 2.45) is 0 Å². The highest BCUT2D eigenvalue weighted by Gasteiger charge is 2.28. The predicted molar refractivity (Wildman–Crippen MR) is 87.1 cm³/mol. The number of halogens is 1. The lowest BCUT2D eigenvalue weighted by molar-refractivity contribution is 0.0696. The van der Waals surface area contributed by atoms with Crippen LogP contribution >= 0.6 is 0 Å². The largest absolute Gasteiger partial charge is 0.487 e. The molecule has 2 aromatic carbocycles. The quantitative estimate of drug-likeness (QED) is 0.875. The maximum absolute atomic E-state index is 12.9. The molecule has 0 saturated carbocycles. The van der Waals surface area contributed by atoms with E-state index in [1.165, 1.54) is 36.4 Å². The van der Waals surface area contributed by atoms with E-state index in [-0.39, 0.29) is 28.4 Å². The predicted octanol–water partition coefficient (Wildman–Crippen LogP) is 2.85. The molecule has 0 aliphatic carbocycles. The summed E-state index contributed by atoms with van der Waals surface area (Å²) in [5.74, 6) is -0.295. The van der Waals surface area contributed by atoms with Crippen molar-refractivity contribution in [3.05, 3.63) is 47.5 Å². The van der Waals surface area contributed by atoms with Crippen LogP contribution < -0.4 is 9.47 Å². The number of fused-ring (bicyclic) bond motifs is 1. The maximum atomic E-state index is 12.9. The number of carbonyl (C=O) groups is 1. The molecule has 2 aromatic rings. The Labute approximate surface area is 143 Å². The van der Waals surface area contributed by atoms with Crippen molar-refractivity contribution in [1.29, 1.82) is 0 Å². The average molecular weight is 366 g/mol. The fourth-order valence-electron chi connectivity index (χ4n) is 2.56. The number of aromatic carboxylic acids is 1.